The second-order valence-corrected chi connectivity index (χ2v) is 2.07. The molecule has 0 aliphatic carbocycles. The number of nitrogens with zero attached hydrogens (tertiary/aromatic N) is 2. The summed E-state index contributed by atoms with van der Waals surface area (Å²) < 4.78 is 1.06. The van der Waals surface area contributed by atoms with Crippen molar-refractivity contribution in [2.75, 3.05) is 0 Å². The van der Waals surface area contributed by atoms with Gasteiger partial charge in [0.05, 0.1) is 0 Å². The van der Waals surface area contributed by atoms with E-state index in [1.807, 2.05) is 0 Å². The number of hydrogen-bond donors (Lipinski definition) is 0. The van der Waals surface area contributed by atoms with Crippen molar-refractivity contribution in [3.8, 4) is 0 Å². The number of benzene rings is 1. The van der Waals surface area contributed by atoms with Crippen molar-refractivity contribution in [1.82, 2.24) is 4.68 Å². The molecule has 0 saturated heterocycles. The van der Waals surface area contributed by atoms with Crippen molar-refractivity contribution in [3.05, 3.63) is 34.4 Å². The van der Waals surface area contributed by atoms with Gasteiger partial charge in [-0.25, -0.2) is 10.1 Å². The van der Waals surface area contributed by atoms with Gasteiger partial charge < -0.3 is 0 Å². The molecule has 0 aromatic carbocycles. The van der Waals surface area contributed by atoms with E-state index in [9.17, 15) is 10.1 Å². The van der Waals surface area contributed by atoms with Gasteiger partial charge in [0.25, 0.3) is 0 Å². The highest BCUT2D eigenvalue weighted by Gasteiger charge is 2.10. The van der Waals surface area contributed by atoms with Gasteiger partial charge in [-0.2, -0.15) is 0 Å². The highest BCUT2D eigenvalue weighted by atomic mass is 16.7. The molecule has 0 spiro atoms. The zero-order chi connectivity index (χ0) is 7.14. The molecule has 0 radical (unpaired) electrons. The Bertz CT molecular complexity index is 317. The van der Waals surface area contributed by atoms with E-state index >= 15 is 0 Å². The molecule has 2 aromatic rings. The van der Waals surface area contributed by atoms with Gasteiger partial charge in [-0.05, 0) is 24.3 Å². The van der Waals surface area contributed by atoms with Crippen LogP contribution in [0.15, 0.2) is 24.3 Å². The Labute approximate surface area is 56.1 Å². The molecule has 0 fully saturated rings. The van der Waals surface area contributed by atoms with Crippen molar-refractivity contribution >= 4 is 11.0 Å². The van der Waals surface area contributed by atoms with Crippen LogP contribution < -0.4 is 0 Å². The summed E-state index contributed by atoms with van der Waals surface area (Å²) in [5, 5.41) is 9.85. The fraction of sp³-hybridized carbons (Fsp3) is 0. The van der Waals surface area contributed by atoms with Gasteiger partial charge in [0.1, 0.15) is 11.0 Å². The lowest BCUT2D eigenvalue weighted by Gasteiger charge is -1.86. The summed E-state index contributed by atoms with van der Waals surface area (Å²) >= 11 is 0. The Morgan fingerprint density at radius 1 is 1.20 bits per heavy atom. The lowest BCUT2D eigenvalue weighted by Crippen LogP contribution is -2.04. The van der Waals surface area contributed by atoms with E-state index in [2.05, 4.69) is 0 Å². The van der Waals surface area contributed by atoms with Crippen LogP contribution in [0.4, 0.5) is 0 Å². The number of nitro groups is 1. The van der Waals surface area contributed by atoms with Gasteiger partial charge >= 0.3 is 0 Å². The van der Waals surface area contributed by atoms with Crippen LogP contribution in [0.1, 0.15) is 0 Å². The maximum atomic E-state index is 10.3. The Hall–Kier alpha value is -1.58. The summed E-state index contributed by atoms with van der Waals surface area (Å²) in [6, 6.07) is 6.88. The lowest BCUT2D eigenvalue weighted by atomic mass is 10.4. The minimum absolute atomic E-state index is 0.426. The quantitative estimate of drug-likeness (QED) is 0.435. The predicted octanol–water partition coefficient (Wildman–Crippen LogP) is 1.12. The summed E-state index contributed by atoms with van der Waals surface area (Å²) in [5.74, 6) is 0. The summed E-state index contributed by atoms with van der Waals surface area (Å²) in [5.41, 5.74) is 1.28. The van der Waals surface area contributed by atoms with Crippen LogP contribution in [0.25, 0.3) is 11.0 Å². The molecule has 2 aromatic heterocycles. The highest BCUT2D eigenvalue weighted by Crippen LogP contribution is 2.15. The molecule has 2 bridgehead atoms. The molecular formula is C6H4N2O2. The van der Waals surface area contributed by atoms with E-state index in [0.717, 1.165) is 4.68 Å². The molecule has 0 N–H and O–H groups in total. The van der Waals surface area contributed by atoms with Crippen LogP contribution in [0.3, 0.4) is 0 Å². The van der Waals surface area contributed by atoms with E-state index in [0.29, 0.717) is 11.0 Å². The summed E-state index contributed by atoms with van der Waals surface area (Å²) in [4.78, 5) is 10.3. The monoisotopic (exact) mass is 136 g/mol. The van der Waals surface area contributed by atoms with Gasteiger partial charge in [-0.3, -0.25) is 0 Å². The van der Waals surface area contributed by atoms with E-state index in [1.54, 1.807) is 24.3 Å². The minimum Gasteiger partial charge on any atom is -0.234 e. The molecule has 2 rings (SSSR count). The van der Waals surface area contributed by atoms with Crippen LogP contribution in [0.2, 0.25) is 0 Å². The topological polar surface area (TPSA) is 48.1 Å². The summed E-state index contributed by atoms with van der Waals surface area (Å²) in [6.07, 6.45) is 0. The van der Waals surface area contributed by atoms with E-state index in [-0.39, 0.29) is 0 Å². The second-order valence-electron chi connectivity index (χ2n) is 2.07. The third-order valence-corrected chi connectivity index (χ3v) is 1.50. The first kappa shape index (κ1) is 5.22. The SMILES string of the molecule is O=[N+]([O-])n1c2ccc1cc2. The van der Waals surface area contributed by atoms with Crippen molar-refractivity contribution < 1.29 is 5.03 Å². The highest BCUT2D eigenvalue weighted by molar-refractivity contribution is 5.66. The molecule has 4 nitrogen and oxygen atoms in total. The van der Waals surface area contributed by atoms with Crippen molar-refractivity contribution in [2.24, 2.45) is 0 Å². The van der Waals surface area contributed by atoms with Gasteiger partial charge in [-0.15, -0.1) is 0 Å². The van der Waals surface area contributed by atoms with Gasteiger partial charge in [0.2, 0.25) is 0 Å². The molecule has 0 atom stereocenters. The van der Waals surface area contributed by atoms with Crippen molar-refractivity contribution in [1.29, 1.82) is 0 Å². The summed E-state index contributed by atoms with van der Waals surface area (Å²) in [7, 11) is 0. The zero-order valence-corrected chi connectivity index (χ0v) is 5.02. The molecule has 50 valence electrons. The van der Waals surface area contributed by atoms with Crippen LogP contribution in [0.5, 0.6) is 0 Å². The van der Waals surface area contributed by atoms with E-state index < -0.39 is 5.03 Å². The average Bonchev–Trinajstić information content (AvgIpc) is 2.43. The van der Waals surface area contributed by atoms with E-state index in [4.69, 9.17) is 0 Å². The van der Waals surface area contributed by atoms with E-state index in [1.165, 1.54) is 0 Å². The van der Waals surface area contributed by atoms with Gasteiger partial charge in [0, 0.05) is 0 Å². The van der Waals surface area contributed by atoms with Gasteiger partial charge in [0.15, 0.2) is 5.03 Å². The molecule has 10 heavy (non-hydrogen) atoms. The van der Waals surface area contributed by atoms with Crippen LogP contribution in [0, 0.1) is 10.1 Å². The molecule has 0 amide bonds. The number of rotatable bonds is 1. The molecule has 0 unspecified atom stereocenters. The first-order chi connectivity index (χ1) is 4.79. The first-order valence-electron chi connectivity index (χ1n) is 2.83. The standard InChI is InChI=1S/C6H4N2O2/c9-8(10)7-5-1-2-6(7)4-3-5/h1-4H. The zero-order valence-electron chi connectivity index (χ0n) is 5.02. The number of hydrogen-bond acceptors (Lipinski definition) is 2. The normalized spacial score (nSPS) is 10.8. The Kier molecular flexibility index (Phi) is 0.768. The Balaban J connectivity index is 2.82. The number of fused-ring (bicyclic) bond motifs is 2. The lowest BCUT2D eigenvalue weighted by molar-refractivity contribution is -0.533. The molecule has 4 heteroatoms. The minimum atomic E-state index is -0.426. The smallest absolute Gasteiger partial charge is 0.170 e. The number of aromatic nitrogens is 1. The van der Waals surface area contributed by atoms with Crippen molar-refractivity contribution in [2.45, 2.75) is 0 Å². The third-order valence-electron chi connectivity index (χ3n) is 1.50. The maximum absolute atomic E-state index is 10.3. The maximum Gasteiger partial charge on any atom is 0.170 e. The van der Waals surface area contributed by atoms with Gasteiger partial charge in [-0.1, -0.05) is 4.68 Å². The largest absolute Gasteiger partial charge is 0.234 e. The second kappa shape index (κ2) is 1.47. The van der Waals surface area contributed by atoms with Crippen LogP contribution in [-0.4, -0.2) is 9.71 Å². The van der Waals surface area contributed by atoms with Crippen LogP contribution in [-0.2, 0) is 0 Å². The first-order valence-corrected chi connectivity index (χ1v) is 2.83. The molecule has 0 aliphatic heterocycles. The Morgan fingerprint density at radius 3 is 1.80 bits per heavy atom. The predicted molar refractivity (Wildman–Crippen MR) is 35.5 cm³/mol. The van der Waals surface area contributed by atoms with Crippen molar-refractivity contribution in [3.63, 3.8) is 0 Å². The van der Waals surface area contributed by atoms with Crippen LogP contribution >= 0.6 is 0 Å². The average molecular weight is 136 g/mol. The third kappa shape index (κ3) is 0.452. The molecule has 0 aliphatic rings. The fourth-order valence-corrected chi connectivity index (χ4v) is 1.07. The Morgan fingerprint density at radius 2 is 1.60 bits per heavy atom. The molecule has 0 saturated carbocycles. The molecular weight excluding hydrogens is 132 g/mol. The molecule has 2 heterocycles. The fourth-order valence-electron chi connectivity index (χ4n) is 1.07. The summed E-state index contributed by atoms with van der Waals surface area (Å²) in [6.45, 7) is 0.